The zero-order chi connectivity index (χ0) is 24.2. The molecule has 1 saturated heterocycles. The Balaban J connectivity index is 1.44. The zero-order valence-corrected chi connectivity index (χ0v) is 21.0. The highest BCUT2D eigenvalue weighted by atomic mass is 16.5. The number of nitrogens with two attached hydrogens (primary N) is 1. The summed E-state index contributed by atoms with van der Waals surface area (Å²) in [5, 5.41) is 0. The summed E-state index contributed by atoms with van der Waals surface area (Å²) in [6, 6.07) is 12.7. The van der Waals surface area contributed by atoms with Gasteiger partial charge < -0.3 is 15.2 Å². The van der Waals surface area contributed by atoms with E-state index in [1.807, 2.05) is 0 Å². The first-order valence-electron chi connectivity index (χ1n) is 12.5. The van der Waals surface area contributed by atoms with Crippen LogP contribution < -0.4 is 15.2 Å². The maximum Gasteiger partial charge on any atom is 0.234 e. The fourth-order valence-corrected chi connectivity index (χ4v) is 5.34. The standard InChI is InChI=1S/C29H38N2O3/c1-19(2)14-21-7-8-24(28(15-21)33-4)18-34-25-11-12-26-20(3)23(10-9-22(26)16-25)17-31-13-5-6-27(31)29(30)32/h7-8,11-12,15-16,19,27H,5-6,9-10,13-14,17-18H2,1-4H3,(H2,30,32)/t27-/m1/s1. The lowest BCUT2D eigenvalue weighted by Crippen LogP contribution is -2.41. The van der Waals surface area contributed by atoms with Crippen LogP contribution in [0.1, 0.15) is 62.3 Å². The molecule has 1 heterocycles. The summed E-state index contributed by atoms with van der Waals surface area (Å²) < 4.78 is 11.8. The minimum Gasteiger partial charge on any atom is -0.496 e. The first-order chi connectivity index (χ1) is 16.4. The number of allylic oxidation sites excluding steroid dienone is 1. The van der Waals surface area contributed by atoms with Gasteiger partial charge in [-0.2, -0.15) is 0 Å². The molecule has 2 N–H and O–H groups in total. The summed E-state index contributed by atoms with van der Waals surface area (Å²) in [7, 11) is 1.72. The molecular formula is C29H38N2O3. The van der Waals surface area contributed by atoms with Crippen molar-refractivity contribution in [3.8, 4) is 11.5 Å². The van der Waals surface area contributed by atoms with Gasteiger partial charge in [0.2, 0.25) is 5.91 Å². The molecule has 4 rings (SSSR count). The Bertz CT molecular complexity index is 1070. The number of likely N-dealkylation sites (tertiary alicyclic amines) is 1. The molecule has 34 heavy (non-hydrogen) atoms. The Hall–Kier alpha value is -2.79. The average molecular weight is 463 g/mol. The van der Waals surface area contributed by atoms with Gasteiger partial charge in [-0.15, -0.1) is 0 Å². The van der Waals surface area contributed by atoms with Crippen LogP contribution in [0, 0.1) is 5.92 Å². The highest BCUT2D eigenvalue weighted by Crippen LogP contribution is 2.35. The van der Waals surface area contributed by atoms with E-state index in [0.717, 1.165) is 62.3 Å². The summed E-state index contributed by atoms with van der Waals surface area (Å²) in [6.45, 7) is 8.92. The number of ether oxygens (including phenoxy) is 2. The number of carbonyl (C=O) groups is 1. The molecule has 0 bridgehead atoms. The normalized spacial score (nSPS) is 18.3. The van der Waals surface area contributed by atoms with Gasteiger partial charge in [0.15, 0.2) is 0 Å². The molecule has 1 aliphatic carbocycles. The highest BCUT2D eigenvalue weighted by Gasteiger charge is 2.30. The molecule has 0 unspecified atom stereocenters. The quantitative estimate of drug-likeness (QED) is 0.560. The number of carbonyl (C=O) groups excluding carboxylic acids is 1. The van der Waals surface area contributed by atoms with Crippen LogP contribution >= 0.6 is 0 Å². The van der Waals surface area contributed by atoms with Crippen molar-refractivity contribution in [1.82, 2.24) is 4.90 Å². The van der Waals surface area contributed by atoms with Crippen LogP contribution in [0.5, 0.6) is 11.5 Å². The van der Waals surface area contributed by atoms with E-state index in [9.17, 15) is 4.79 Å². The Morgan fingerprint density at radius 2 is 2.00 bits per heavy atom. The van der Waals surface area contributed by atoms with Crippen molar-refractivity contribution in [1.29, 1.82) is 0 Å². The minimum atomic E-state index is -0.194. The molecule has 1 fully saturated rings. The van der Waals surface area contributed by atoms with E-state index in [1.54, 1.807) is 7.11 Å². The Kier molecular flexibility index (Phi) is 7.62. The lowest BCUT2D eigenvalue weighted by Gasteiger charge is -2.28. The number of rotatable bonds is 9. The van der Waals surface area contributed by atoms with Crippen molar-refractivity contribution in [2.24, 2.45) is 11.7 Å². The van der Waals surface area contributed by atoms with Crippen molar-refractivity contribution in [3.63, 3.8) is 0 Å². The van der Waals surface area contributed by atoms with Gasteiger partial charge in [-0.1, -0.05) is 37.6 Å². The van der Waals surface area contributed by atoms with Gasteiger partial charge >= 0.3 is 0 Å². The van der Waals surface area contributed by atoms with Crippen LogP contribution in [0.2, 0.25) is 0 Å². The van der Waals surface area contributed by atoms with Crippen molar-refractivity contribution >= 4 is 11.5 Å². The molecule has 1 atom stereocenters. The number of methoxy groups -OCH3 is 1. The topological polar surface area (TPSA) is 64.8 Å². The Morgan fingerprint density at radius 3 is 2.74 bits per heavy atom. The smallest absolute Gasteiger partial charge is 0.234 e. The van der Waals surface area contributed by atoms with E-state index in [4.69, 9.17) is 15.2 Å². The molecule has 0 radical (unpaired) electrons. The number of primary amides is 1. The van der Waals surface area contributed by atoms with E-state index < -0.39 is 0 Å². The molecule has 2 aromatic carbocycles. The molecular weight excluding hydrogens is 424 g/mol. The van der Waals surface area contributed by atoms with Gasteiger partial charge in [-0.3, -0.25) is 9.69 Å². The van der Waals surface area contributed by atoms with Crippen LogP contribution in [0.25, 0.3) is 5.57 Å². The SMILES string of the molecule is COc1cc(CC(C)C)ccc1COc1ccc2c(c1)CCC(CN1CCC[C@@H]1C(N)=O)=C2C. The maximum atomic E-state index is 11.8. The van der Waals surface area contributed by atoms with Crippen LogP contribution in [0.15, 0.2) is 42.0 Å². The molecule has 1 amide bonds. The second-order valence-corrected chi connectivity index (χ2v) is 10.1. The molecule has 182 valence electrons. The first kappa shape index (κ1) is 24.3. The molecule has 2 aromatic rings. The van der Waals surface area contributed by atoms with Gasteiger partial charge in [0.05, 0.1) is 13.2 Å². The summed E-state index contributed by atoms with van der Waals surface area (Å²) in [6.07, 6.45) is 4.96. The third-order valence-corrected chi connectivity index (χ3v) is 7.18. The van der Waals surface area contributed by atoms with Crippen molar-refractivity contribution in [2.45, 2.75) is 65.5 Å². The van der Waals surface area contributed by atoms with Crippen LogP contribution in [0.4, 0.5) is 0 Å². The third-order valence-electron chi connectivity index (χ3n) is 7.18. The summed E-state index contributed by atoms with van der Waals surface area (Å²) >= 11 is 0. The van der Waals surface area contributed by atoms with Crippen molar-refractivity contribution in [2.75, 3.05) is 20.2 Å². The maximum absolute atomic E-state index is 11.8. The van der Waals surface area contributed by atoms with E-state index in [-0.39, 0.29) is 11.9 Å². The molecule has 0 saturated carbocycles. The second kappa shape index (κ2) is 10.6. The molecule has 0 spiro atoms. The van der Waals surface area contributed by atoms with E-state index in [2.05, 4.69) is 62.1 Å². The number of amides is 1. The fraction of sp³-hybridized carbons (Fsp3) is 0.483. The number of benzene rings is 2. The predicted molar refractivity (Wildman–Crippen MR) is 137 cm³/mol. The number of fused-ring (bicyclic) bond motifs is 1. The van der Waals surface area contributed by atoms with Crippen molar-refractivity contribution in [3.05, 3.63) is 64.2 Å². The first-order valence-corrected chi connectivity index (χ1v) is 12.5. The molecule has 1 aliphatic heterocycles. The largest absolute Gasteiger partial charge is 0.496 e. The third kappa shape index (κ3) is 5.47. The Morgan fingerprint density at radius 1 is 1.18 bits per heavy atom. The van der Waals surface area contributed by atoms with Gasteiger partial charge in [-0.05, 0) is 92.0 Å². The lowest BCUT2D eigenvalue weighted by atomic mass is 9.86. The summed E-state index contributed by atoms with van der Waals surface area (Å²) in [5.74, 6) is 2.19. The van der Waals surface area contributed by atoms with Crippen LogP contribution in [-0.2, 0) is 24.2 Å². The number of hydrogen-bond donors (Lipinski definition) is 1. The minimum absolute atomic E-state index is 0.117. The zero-order valence-electron chi connectivity index (χ0n) is 21.0. The summed E-state index contributed by atoms with van der Waals surface area (Å²) in [4.78, 5) is 14.0. The lowest BCUT2D eigenvalue weighted by molar-refractivity contribution is -0.122. The average Bonchev–Trinajstić information content (AvgIpc) is 3.28. The number of hydrogen-bond acceptors (Lipinski definition) is 4. The van der Waals surface area contributed by atoms with E-state index in [0.29, 0.717) is 12.5 Å². The van der Waals surface area contributed by atoms with E-state index >= 15 is 0 Å². The van der Waals surface area contributed by atoms with Gasteiger partial charge in [0.1, 0.15) is 18.1 Å². The molecule has 0 aromatic heterocycles. The van der Waals surface area contributed by atoms with Crippen molar-refractivity contribution < 1.29 is 14.3 Å². The van der Waals surface area contributed by atoms with Gasteiger partial charge in [0.25, 0.3) is 0 Å². The van der Waals surface area contributed by atoms with Gasteiger partial charge in [0, 0.05) is 12.1 Å². The Labute approximate surface area is 203 Å². The van der Waals surface area contributed by atoms with E-state index in [1.165, 1.54) is 27.8 Å². The van der Waals surface area contributed by atoms with Crippen LogP contribution in [0.3, 0.4) is 0 Å². The molecule has 5 nitrogen and oxygen atoms in total. The van der Waals surface area contributed by atoms with Gasteiger partial charge in [-0.25, -0.2) is 0 Å². The molecule has 2 aliphatic rings. The predicted octanol–water partition coefficient (Wildman–Crippen LogP) is 5.14. The highest BCUT2D eigenvalue weighted by molar-refractivity contribution is 5.80. The van der Waals surface area contributed by atoms with Crippen LogP contribution in [-0.4, -0.2) is 37.0 Å². The fourth-order valence-electron chi connectivity index (χ4n) is 5.34. The number of nitrogens with zero attached hydrogens (tertiary/aromatic N) is 1. The summed E-state index contributed by atoms with van der Waals surface area (Å²) in [5.41, 5.74) is 13.3. The number of aryl methyl sites for hydroxylation is 1. The molecule has 5 heteroatoms. The monoisotopic (exact) mass is 462 g/mol. The second-order valence-electron chi connectivity index (χ2n) is 10.1.